The van der Waals surface area contributed by atoms with Gasteiger partial charge in [-0.1, -0.05) is 30.3 Å². The summed E-state index contributed by atoms with van der Waals surface area (Å²) in [5.74, 6) is 0. The van der Waals surface area contributed by atoms with Crippen molar-refractivity contribution in [3.63, 3.8) is 0 Å². The maximum Gasteiger partial charge on any atom is 0.111 e. The molecule has 25 heavy (non-hydrogen) atoms. The van der Waals surface area contributed by atoms with Crippen LogP contribution in [0, 0.1) is 0 Å². The van der Waals surface area contributed by atoms with E-state index in [2.05, 4.69) is 77.2 Å². The fraction of sp³-hybridized carbons (Fsp3) is 0.318. The standard InChI is InChI=1S/C22H23N3/c1-16-12-13-22(2)24(15-18-9-3-4-14-23-18)19-10-5-7-17-8-6-11-20(21(17)19)25(16)22/h3-11,14,16H,12-13,15H2,1-2H3/t16-,22-/m1/s1. The molecule has 1 saturated heterocycles. The van der Waals surface area contributed by atoms with Crippen LogP contribution in [0.3, 0.4) is 0 Å². The molecule has 0 radical (unpaired) electrons. The SMILES string of the molecule is C[C@@H]1CC[C@]2(C)N(Cc3ccccn3)c3cccc4cccc(c34)N12. The van der Waals surface area contributed by atoms with Gasteiger partial charge < -0.3 is 9.80 Å². The van der Waals surface area contributed by atoms with Gasteiger partial charge in [-0.25, -0.2) is 0 Å². The first kappa shape index (κ1) is 14.8. The average Bonchev–Trinajstić information content (AvgIpc) is 2.95. The lowest BCUT2D eigenvalue weighted by molar-refractivity contribution is 0.419. The van der Waals surface area contributed by atoms with E-state index in [1.807, 2.05) is 12.3 Å². The molecule has 0 unspecified atom stereocenters. The molecule has 5 rings (SSSR count). The summed E-state index contributed by atoms with van der Waals surface area (Å²) in [6, 6.07) is 20.2. The lowest BCUT2D eigenvalue weighted by Gasteiger charge is -2.52. The van der Waals surface area contributed by atoms with Crippen LogP contribution in [0.25, 0.3) is 10.8 Å². The van der Waals surface area contributed by atoms with E-state index in [1.165, 1.54) is 35.0 Å². The molecule has 3 heterocycles. The summed E-state index contributed by atoms with van der Waals surface area (Å²) >= 11 is 0. The third-order valence-electron chi connectivity index (χ3n) is 6.03. The van der Waals surface area contributed by atoms with Gasteiger partial charge in [0.2, 0.25) is 0 Å². The minimum atomic E-state index is -0.000422. The van der Waals surface area contributed by atoms with Crippen molar-refractivity contribution in [2.75, 3.05) is 9.80 Å². The van der Waals surface area contributed by atoms with Gasteiger partial charge in [0, 0.05) is 29.0 Å². The lowest BCUT2D eigenvalue weighted by atomic mass is 9.95. The van der Waals surface area contributed by atoms with Crippen molar-refractivity contribution in [2.24, 2.45) is 0 Å². The summed E-state index contributed by atoms with van der Waals surface area (Å²) in [4.78, 5) is 9.82. The third kappa shape index (κ3) is 2.02. The number of hydrogen-bond acceptors (Lipinski definition) is 3. The number of fused-ring (bicyclic) bond motifs is 2. The summed E-state index contributed by atoms with van der Waals surface area (Å²) in [6.07, 6.45) is 4.29. The number of aromatic nitrogens is 1. The topological polar surface area (TPSA) is 19.4 Å². The van der Waals surface area contributed by atoms with E-state index < -0.39 is 0 Å². The molecule has 3 heteroatoms. The van der Waals surface area contributed by atoms with Gasteiger partial charge in [-0.05, 0) is 56.3 Å². The van der Waals surface area contributed by atoms with Crippen LogP contribution in [0.4, 0.5) is 11.4 Å². The molecular weight excluding hydrogens is 306 g/mol. The number of pyridine rings is 1. The van der Waals surface area contributed by atoms with Crippen LogP contribution in [0.2, 0.25) is 0 Å². The van der Waals surface area contributed by atoms with Gasteiger partial charge >= 0.3 is 0 Å². The summed E-state index contributed by atoms with van der Waals surface area (Å²) in [6.45, 7) is 5.60. The molecule has 1 aromatic heterocycles. The predicted octanol–water partition coefficient (Wildman–Crippen LogP) is 4.96. The Morgan fingerprint density at radius 1 is 1.04 bits per heavy atom. The molecule has 0 aliphatic carbocycles. The minimum absolute atomic E-state index is 0.000422. The van der Waals surface area contributed by atoms with Crippen molar-refractivity contribution in [1.82, 2.24) is 4.98 Å². The van der Waals surface area contributed by atoms with E-state index in [9.17, 15) is 0 Å². The first-order valence-electron chi connectivity index (χ1n) is 9.17. The summed E-state index contributed by atoms with van der Waals surface area (Å²) in [5.41, 5.74) is 3.85. The zero-order chi connectivity index (χ0) is 17.0. The van der Waals surface area contributed by atoms with Crippen LogP contribution in [-0.4, -0.2) is 16.7 Å². The Hall–Kier alpha value is -2.55. The molecule has 1 fully saturated rings. The zero-order valence-electron chi connectivity index (χ0n) is 14.8. The van der Waals surface area contributed by atoms with Crippen LogP contribution in [0.1, 0.15) is 32.4 Å². The molecule has 2 aliphatic heterocycles. The Morgan fingerprint density at radius 2 is 1.84 bits per heavy atom. The predicted molar refractivity (Wildman–Crippen MR) is 104 cm³/mol. The van der Waals surface area contributed by atoms with Crippen molar-refractivity contribution in [1.29, 1.82) is 0 Å². The molecule has 2 aromatic carbocycles. The quantitative estimate of drug-likeness (QED) is 0.662. The van der Waals surface area contributed by atoms with E-state index in [0.717, 1.165) is 12.2 Å². The molecule has 2 atom stereocenters. The molecule has 2 aliphatic rings. The van der Waals surface area contributed by atoms with Gasteiger partial charge in [0.25, 0.3) is 0 Å². The lowest BCUT2D eigenvalue weighted by Crippen LogP contribution is -2.59. The van der Waals surface area contributed by atoms with Crippen LogP contribution in [0.5, 0.6) is 0 Å². The van der Waals surface area contributed by atoms with Crippen molar-refractivity contribution in [2.45, 2.75) is 44.9 Å². The molecule has 126 valence electrons. The van der Waals surface area contributed by atoms with Gasteiger partial charge in [-0.15, -0.1) is 0 Å². The maximum atomic E-state index is 4.60. The zero-order valence-corrected chi connectivity index (χ0v) is 14.8. The Balaban J connectivity index is 1.76. The second kappa shape index (κ2) is 5.22. The van der Waals surface area contributed by atoms with E-state index >= 15 is 0 Å². The van der Waals surface area contributed by atoms with Gasteiger partial charge in [0.1, 0.15) is 5.66 Å². The highest BCUT2D eigenvalue weighted by molar-refractivity contribution is 6.06. The Kier molecular flexibility index (Phi) is 3.08. The fourth-order valence-electron chi connectivity index (χ4n) is 4.86. The highest BCUT2D eigenvalue weighted by Crippen LogP contribution is 2.51. The van der Waals surface area contributed by atoms with Gasteiger partial charge in [0.15, 0.2) is 0 Å². The molecule has 0 bridgehead atoms. The monoisotopic (exact) mass is 329 g/mol. The van der Waals surface area contributed by atoms with E-state index in [1.54, 1.807) is 0 Å². The third-order valence-corrected chi connectivity index (χ3v) is 6.03. The van der Waals surface area contributed by atoms with Crippen LogP contribution in [0.15, 0.2) is 60.8 Å². The van der Waals surface area contributed by atoms with Crippen molar-refractivity contribution < 1.29 is 0 Å². The largest absolute Gasteiger partial charge is 0.346 e. The van der Waals surface area contributed by atoms with Crippen molar-refractivity contribution in [3.8, 4) is 0 Å². The molecule has 3 aromatic rings. The normalized spacial score (nSPS) is 24.6. The number of nitrogens with zero attached hydrogens (tertiary/aromatic N) is 3. The van der Waals surface area contributed by atoms with E-state index in [4.69, 9.17) is 0 Å². The van der Waals surface area contributed by atoms with Crippen molar-refractivity contribution in [3.05, 3.63) is 66.5 Å². The van der Waals surface area contributed by atoms with Crippen LogP contribution < -0.4 is 9.80 Å². The minimum Gasteiger partial charge on any atom is -0.346 e. The highest BCUT2D eigenvalue weighted by Gasteiger charge is 2.49. The first-order valence-corrected chi connectivity index (χ1v) is 9.17. The van der Waals surface area contributed by atoms with Crippen LogP contribution in [-0.2, 0) is 6.54 Å². The number of hydrogen-bond donors (Lipinski definition) is 0. The Bertz CT molecular complexity index is 931. The van der Waals surface area contributed by atoms with E-state index in [-0.39, 0.29) is 5.66 Å². The van der Waals surface area contributed by atoms with Crippen LogP contribution >= 0.6 is 0 Å². The summed E-state index contributed by atoms with van der Waals surface area (Å²) in [7, 11) is 0. The second-order valence-electron chi connectivity index (χ2n) is 7.53. The second-order valence-corrected chi connectivity index (χ2v) is 7.53. The summed E-state index contributed by atoms with van der Waals surface area (Å²) in [5, 5.41) is 2.70. The average molecular weight is 329 g/mol. The van der Waals surface area contributed by atoms with Crippen molar-refractivity contribution >= 4 is 22.1 Å². The fourth-order valence-corrected chi connectivity index (χ4v) is 4.86. The number of rotatable bonds is 2. The maximum absolute atomic E-state index is 4.60. The first-order chi connectivity index (χ1) is 12.2. The summed E-state index contributed by atoms with van der Waals surface area (Å²) < 4.78 is 0. The van der Waals surface area contributed by atoms with Gasteiger partial charge in [0.05, 0.1) is 12.2 Å². The van der Waals surface area contributed by atoms with E-state index in [0.29, 0.717) is 6.04 Å². The Labute approximate surface area is 148 Å². The molecule has 0 saturated carbocycles. The molecule has 0 amide bonds. The number of benzene rings is 2. The molecule has 0 N–H and O–H groups in total. The number of anilines is 2. The van der Waals surface area contributed by atoms with Gasteiger partial charge in [-0.2, -0.15) is 0 Å². The Morgan fingerprint density at radius 3 is 2.60 bits per heavy atom. The molecular formula is C22H23N3. The highest BCUT2D eigenvalue weighted by atomic mass is 15.4. The smallest absolute Gasteiger partial charge is 0.111 e. The van der Waals surface area contributed by atoms with Gasteiger partial charge in [-0.3, -0.25) is 4.98 Å². The molecule has 3 nitrogen and oxygen atoms in total. The molecule has 0 spiro atoms.